The Kier molecular flexibility index (Phi) is 7.18. The van der Waals surface area contributed by atoms with Crippen LogP contribution in [0.2, 0.25) is 0 Å². The van der Waals surface area contributed by atoms with E-state index in [1.165, 1.54) is 0 Å². The van der Waals surface area contributed by atoms with Crippen LogP contribution >= 0.6 is 24.0 Å². The fourth-order valence-electron chi connectivity index (χ4n) is 3.62. The minimum absolute atomic E-state index is 0. The molecule has 1 aromatic carbocycles. The predicted octanol–water partition coefficient (Wildman–Crippen LogP) is 2.90. The number of nitrogens with one attached hydrogen (secondary N) is 2. The molecule has 1 aliphatic heterocycles. The second kappa shape index (κ2) is 9.82. The van der Waals surface area contributed by atoms with Gasteiger partial charge in [0.1, 0.15) is 11.4 Å². The smallest absolute Gasteiger partial charge is 0.191 e. The quantitative estimate of drug-likeness (QED) is 0.317. The van der Waals surface area contributed by atoms with E-state index in [-0.39, 0.29) is 24.0 Å². The maximum absolute atomic E-state index is 5.50. The minimum Gasteiger partial charge on any atom is -0.495 e. The van der Waals surface area contributed by atoms with Crippen LogP contribution in [-0.2, 0) is 6.54 Å². The van der Waals surface area contributed by atoms with E-state index < -0.39 is 0 Å². The Balaban J connectivity index is 0.00000240. The molecule has 154 valence electrons. The number of pyridine rings is 1. The number of rotatable bonds is 5. The highest BCUT2D eigenvalue weighted by molar-refractivity contribution is 14.0. The van der Waals surface area contributed by atoms with Crippen molar-refractivity contribution in [3.8, 4) is 5.75 Å². The molecule has 0 saturated carbocycles. The normalized spacial score (nSPS) is 16.6. The summed E-state index contributed by atoms with van der Waals surface area (Å²) in [6, 6.07) is 14.5. The first kappa shape index (κ1) is 21.2. The Morgan fingerprint density at radius 1 is 1.24 bits per heavy atom. The molecule has 8 heteroatoms. The summed E-state index contributed by atoms with van der Waals surface area (Å²) in [7, 11) is 3.52. The molecule has 3 aromatic rings. The van der Waals surface area contributed by atoms with Crippen LogP contribution in [0, 0.1) is 0 Å². The van der Waals surface area contributed by atoms with Gasteiger partial charge >= 0.3 is 0 Å². The summed E-state index contributed by atoms with van der Waals surface area (Å²) >= 11 is 0. The molecule has 2 aromatic heterocycles. The third-order valence-electron chi connectivity index (χ3n) is 5.03. The number of guanidine groups is 1. The van der Waals surface area contributed by atoms with Gasteiger partial charge in [-0.05, 0) is 30.7 Å². The summed E-state index contributed by atoms with van der Waals surface area (Å²) < 4.78 is 7.52. The van der Waals surface area contributed by atoms with Gasteiger partial charge in [-0.15, -0.1) is 24.0 Å². The third kappa shape index (κ3) is 4.92. The zero-order chi connectivity index (χ0) is 19.3. The second-order valence-corrected chi connectivity index (χ2v) is 6.87. The molecule has 1 aliphatic rings. The van der Waals surface area contributed by atoms with Crippen LogP contribution < -0.4 is 20.3 Å². The van der Waals surface area contributed by atoms with Crippen LogP contribution in [0.15, 0.2) is 59.9 Å². The monoisotopic (exact) mass is 506 g/mol. The summed E-state index contributed by atoms with van der Waals surface area (Å²) in [6.45, 7) is 2.53. The fraction of sp³-hybridized carbons (Fsp3) is 0.333. The molecule has 0 radical (unpaired) electrons. The van der Waals surface area contributed by atoms with E-state index in [0.717, 1.165) is 48.2 Å². The first-order valence-electron chi connectivity index (χ1n) is 9.54. The number of imidazole rings is 1. The molecule has 1 saturated heterocycles. The Labute approximate surface area is 188 Å². The summed E-state index contributed by atoms with van der Waals surface area (Å²) in [4.78, 5) is 11.3. The zero-order valence-corrected chi connectivity index (χ0v) is 19.0. The van der Waals surface area contributed by atoms with Crippen molar-refractivity contribution >= 4 is 41.3 Å². The van der Waals surface area contributed by atoms with Crippen molar-refractivity contribution in [2.45, 2.75) is 19.0 Å². The summed E-state index contributed by atoms with van der Waals surface area (Å²) in [5.74, 6) is 1.71. The summed E-state index contributed by atoms with van der Waals surface area (Å²) in [6.07, 6.45) is 5.09. The molecule has 0 bridgehead atoms. The lowest BCUT2D eigenvalue weighted by Crippen LogP contribution is -2.44. The SMILES string of the molecule is CN=C(NCc1cn2ccccc2n1)NC1CCN(c2ccccc2OC)C1.I. The third-order valence-corrected chi connectivity index (χ3v) is 5.03. The number of para-hydroxylation sites is 2. The topological polar surface area (TPSA) is 66.2 Å². The van der Waals surface area contributed by atoms with E-state index in [1.807, 2.05) is 53.2 Å². The van der Waals surface area contributed by atoms with Crippen molar-refractivity contribution < 1.29 is 4.74 Å². The number of ether oxygens (including phenoxy) is 1. The van der Waals surface area contributed by atoms with E-state index in [4.69, 9.17) is 4.74 Å². The van der Waals surface area contributed by atoms with Gasteiger partial charge in [0.05, 0.1) is 25.0 Å². The van der Waals surface area contributed by atoms with Crippen molar-refractivity contribution in [2.75, 3.05) is 32.1 Å². The minimum atomic E-state index is 0. The summed E-state index contributed by atoms with van der Waals surface area (Å²) in [5, 5.41) is 6.90. The number of halogens is 1. The summed E-state index contributed by atoms with van der Waals surface area (Å²) in [5.41, 5.74) is 3.07. The van der Waals surface area contributed by atoms with E-state index in [0.29, 0.717) is 12.6 Å². The molecule has 0 aliphatic carbocycles. The van der Waals surface area contributed by atoms with Crippen molar-refractivity contribution in [3.05, 3.63) is 60.6 Å². The number of methoxy groups -OCH3 is 1. The standard InChI is InChI=1S/C21H26N6O.HI/c1-22-21(23-13-17-15-27-11-6-5-9-20(27)24-17)25-16-10-12-26(14-16)18-7-3-4-8-19(18)28-2;/h3-9,11,15-16H,10,12-14H2,1-2H3,(H2,22,23,25);1H. The van der Waals surface area contributed by atoms with Gasteiger partial charge in [-0.25, -0.2) is 4.98 Å². The molecule has 3 heterocycles. The fourth-order valence-corrected chi connectivity index (χ4v) is 3.62. The molecule has 0 spiro atoms. The highest BCUT2D eigenvalue weighted by Crippen LogP contribution is 2.30. The Hall–Kier alpha value is -2.49. The largest absolute Gasteiger partial charge is 0.495 e. The maximum Gasteiger partial charge on any atom is 0.191 e. The molecule has 7 nitrogen and oxygen atoms in total. The van der Waals surface area contributed by atoms with E-state index >= 15 is 0 Å². The van der Waals surface area contributed by atoms with Gasteiger partial charge in [0.25, 0.3) is 0 Å². The number of fused-ring (bicyclic) bond motifs is 1. The molecule has 1 atom stereocenters. The maximum atomic E-state index is 5.50. The highest BCUT2D eigenvalue weighted by atomic mass is 127. The highest BCUT2D eigenvalue weighted by Gasteiger charge is 2.25. The average Bonchev–Trinajstić information content (AvgIpc) is 3.37. The Bertz CT molecular complexity index is 939. The molecular weight excluding hydrogens is 479 g/mol. The molecule has 1 unspecified atom stereocenters. The van der Waals surface area contributed by atoms with Crippen molar-refractivity contribution in [1.82, 2.24) is 20.0 Å². The van der Waals surface area contributed by atoms with Gasteiger partial charge in [0, 0.05) is 38.6 Å². The number of aliphatic imine (C=N–C) groups is 1. The van der Waals surface area contributed by atoms with E-state index in [9.17, 15) is 0 Å². The number of hydrogen-bond acceptors (Lipinski definition) is 4. The first-order valence-corrected chi connectivity index (χ1v) is 9.54. The molecule has 0 amide bonds. The molecule has 2 N–H and O–H groups in total. The van der Waals surface area contributed by atoms with Crippen molar-refractivity contribution in [2.24, 2.45) is 4.99 Å². The zero-order valence-electron chi connectivity index (χ0n) is 16.7. The lowest BCUT2D eigenvalue weighted by molar-refractivity contribution is 0.415. The van der Waals surface area contributed by atoms with Crippen LogP contribution in [-0.4, -0.2) is 48.6 Å². The van der Waals surface area contributed by atoms with Gasteiger partial charge in [0.2, 0.25) is 0 Å². The lowest BCUT2D eigenvalue weighted by atomic mass is 10.2. The van der Waals surface area contributed by atoms with Crippen LogP contribution in [0.4, 0.5) is 5.69 Å². The van der Waals surface area contributed by atoms with Gasteiger partial charge in [-0.3, -0.25) is 4.99 Å². The molecule has 29 heavy (non-hydrogen) atoms. The first-order chi connectivity index (χ1) is 13.8. The van der Waals surface area contributed by atoms with Crippen LogP contribution in [0.3, 0.4) is 0 Å². The van der Waals surface area contributed by atoms with Crippen LogP contribution in [0.1, 0.15) is 12.1 Å². The van der Waals surface area contributed by atoms with Crippen LogP contribution in [0.5, 0.6) is 5.75 Å². The predicted molar refractivity (Wildman–Crippen MR) is 128 cm³/mol. The van der Waals surface area contributed by atoms with Crippen molar-refractivity contribution in [3.63, 3.8) is 0 Å². The number of aromatic nitrogens is 2. The Morgan fingerprint density at radius 3 is 2.86 bits per heavy atom. The van der Waals surface area contributed by atoms with Gasteiger partial charge in [-0.2, -0.15) is 0 Å². The molecule has 1 fully saturated rings. The van der Waals surface area contributed by atoms with E-state index in [2.05, 4.69) is 31.6 Å². The molecular formula is C21H27IN6O. The Morgan fingerprint density at radius 2 is 2.07 bits per heavy atom. The van der Waals surface area contributed by atoms with Gasteiger partial charge < -0.3 is 24.7 Å². The number of anilines is 1. The van der Waals surface area contributed by atoms with Gasteiger partial charge in [0.15, 0.2) is 5.96 Å². The average molecular weight is 506 g/mol. The number of hydrogen-bond donors (Lipinski definition) is 2. The van der Waals surface area contributed by atoms with Gasteiger partial charge in [-0.1, -0.05) is 18.2 Å². The van der Waals surface area contributed by atoms with Crippen molar-refractivity contribution in [1.29, 1.82) is 0 Å². The number of benzene rings is 1. The molecule has 4 rings (SSSR count). The van der Waals surface area contributed by atoms with Crippen LogP contribution in [0.25, 0.3) is 5.65 Å². The number of nitrogens with zero attached hydrogens (tertiary/aromatic N) is 4. The lowest BCUT2D eigenvalue weighted by Gasteiger charge is -2.22. The second-order valence-electron chi connectivity index (χ2n) is 6.87. The van der Waals surface area contributed by atoms with E-state index in [1.54, 1.807) is 14.2 Å².